The molecule has 6 nitrogen and oxygen atoms in total. The Balaban J connectivity index is 0.000000270. The van der Waals surface area contributed by atoms with E-state index < -0.39 is 33.3 Å². The van der Waals surface area contributed by atoms with E-state index in [1.807, 2.05) is 0 Å². The van der Waals surface area contributed by atoms with Crippen LogP contribution < -0.4 is 43.7 Å². The fourth-order valence-electron chi connectivity index (χ4n) is 6.93. The van der Waals surface area contributed by atoms with Crippen molar-refractivity contribution < 1.29 is 8.23 Å². The van der Waals surface area contributed by atoms with Crippen molar-refractivity contribution in [3.05, 3.63) is 121 Å². The van der Waals surface area contributed by atoms with Crippen LogP contribution in [0.25, 0.3) is 0 Å². The van der Waals surface area contributed by atoms with Crippen molar-refractivity contribution in [2.75, 3.05) is 26.2 Å². The maximum Gasteiger partial charge on any atom is 0.209 e. The topological polar surface area (TPSA) is 123 Å². The van der Waals surface area contributed by atoms with Gasteiger partial charge >= 0.3 is 0 Å². The van der Waals surface area contributed by atoms with Crippen LogP contribution >= 0.6 is 0 Å². The van der Waals surface area contributed by atoms with Gasteiger partial charge in [0.1, 0.15) is 0 Å². The van der Waals surface area contributed by atoms with Crippen LogP contribution in [0.15, 0.2) is 121 Å². The summed E-state index contributed by atoms with van der Waals surface area (Å²) in [7, 11) is -8.30. The standard InChI is InChI=1S/2C20H32N2OSi2/c2*1-24(17-9-15-21,19-11-5-3-6-12-19)23-25(2,18-10-16-22)20-13-7-4-8-14-20/h2*3-8,11-14H,9-10,15-18,21-22H2,1-2H3. The van der Waals surface area contributed by atoms with E-state index in [0.717, 1.165) is 49.9 Å². The molecule has 50 heavy (non-hydrogen) atoms. The summed E-state index contributed by atoms with van der Waals surface area (Å²) in [6, 6.07) is 47.3. The van der Waals surface area contributed by atoms with Gasteiger partial charge < -0.3 is 31.2 Å². The zero-order valence-corrected chi connectivity index (χ0v) is 35.2. The normalized spacial score (nSPS) is 16.2. The lowest BCUT2D eigenvalue weighted by Gasteiger charge is -2.39. The van der Waals surface area contributed by atoms with E-state index in [2.05, 4.69) is 148 Å². The molecular formula is C40H64N4O2Si4. The summed E-state index contributed by atoms with van der Waals surface area (Å²) in [5, 5.41) is 5.47. The molecule has 0 radical (unpaired) electrons. The van der Waals surface area contributed by atoms with Crippen LogP contribution in [0.1, 0.15) is 25.7 Å². The van der Waals surface area contributed by atoms with Crippen LogP contribution in [-0.2, 0) is 8.23 Å². The second kappa shape index (κ2) is 21.1. The third-order valence-corrected chi connectivity index (χ3v) is 28.5. The molecule has 0 spiro atoms. The van der Waals surface area contributed by atoms with Crippen molar-refractivity contribution in [1.29, 1.82) is 0 Å². The smallest absolute Gasteiger partial charge is 0.209 e. The van der Waals surface area contributed by atoms with Gasteiger partial charge in [-0.25, -0.2) is 0 Å². The molecule has 0 fully saturated rings. The maximum atomic E-state index is 7.17. The largest absolute Gasteiger partial charge is 0.448 e. The zero-order chi connectivity index (χ0) is 36.4. The van der Waals surface area contributed by atoms with E-state index in [1.165, 1.54) is 20.7 Å². The molecule has 0 heterocycles. The Bertz CT molecular complexity index is 1250. The van der Waals surface area contributed by atoms with Gasteiger partial charge in [0.15, 0.2) is 0 Å². The summed E-state index contributed by atoms with van der Waals surface area (Å²) in [5.41, 5.74) is 23.3. The highest BCUT2D eigenvalue weighted by Crippen LogP contribution is 2.26. The van der Waals surface area contributed by atoms with Gasteiger partial charge in [0.05, 0.1) is 0 Å². The molecule has 4 rings (SSSR count). The lowest BCUT2D eigenvalue weighted by molar-refractivity contribution is 0.544. The lowest BCUT2D eigenvalue weighted by Crippen LogP contribution is -2.60. The first kappa shape index (κ1) is 41.9. The number of benzene rings is 4. The van der Waals surface area contributed by atoms with Crippen molar-refractivity contribution in [2.24, 2.45) is 22.9 Å². The van der Waals surface area contributed by atoms with Gasteiger partial charge in [-0.05, 0) is 123 Å². The van der Waals surface area contributed by atoms with Crippen LogP contribution in [0.5, 0.6) is 0 Å². The van der Waals surface area contributed by atoms with Gasteiger partial charge in [0, 0.05) is 0 Å². The van der Waals surface area contributed by atoms with Crippen LogP contribution in [0.2, 0.25) is 50.4 Å². The van der Waals surface area contributed by atoms with Gasteiger partial charge in [0.25, 0.3) is 0 Å². The second-order valence-electron chi connectivity index (χ2n) is 14.2. The van der Waals surface area contributed by atoms with E-state index in [0.29, 0.717) is 26.2 Å². The highest BCUT2D eigenvalue weighted by molar-refractivity contribution is 6.98. The van der Waals surface area contributed by atoms with E-state index in [9.17, 15) is 0 Å². The highest BCUT2D eigenvalue weighted by Gasteiger charge is 2.42. The number of nitrogens with two attached hydrogens (primary N) is 4. The third-order valence-electron chi connectivity index (χ3n) is 9.87. The number of hydrogen-bond donors (Lipinski definition) is 4. The summed E-state index contributed by atoms with van der Waals surface area (Å²) in [4.78, 5) is 0. The second-order valence-corrected chi connectivity index (χ2v) is 29.9. The molecule has 0 aliphatic rings. The average molecular weight is 745 g/mol. The Morgan fingerprint density at radius 2 is 0.520 bits per heavy atom. The average Bonchev–Trinajstić information content (AvgIpc) is 3.16. The molecule has 0 aliphatic heterocycles. The van der Waals surface area contributed by atoms with Crippen LogP contribution in [0.4, 0.5) is 0 Å². The molecule has 0 saturated heterocycles. The quantitative estimate of drug-likeness (QED) is 0.0909. The maximum absolute atomic E-state index is 7.17. The molecule has 4 aromatic rings. The monoisotopic (exact) mass is 744 g/mol. The molecule has 8 N–H and O–H groups in total. The molecular weight excluding hydrogens is 681 g/mol. The Kier molecular flexibility index (Phi) is 17.7. The Morgan fingerprint density at radius 3 is 0.680 bits per heavy atom. The van der Waals surface area contributed by atoms with Gasteiger partial charge in [-0.3, -0.25) is 0 Å². The van der Waals surface area contributed by atoms with Crippen LogP contribution in [-0.4, -0.2) is 59.4 Å². The molecule has 4 atom stereocenters. The van der Waals surface area contributed by atoms with Crippen molar-refractivity contribution in [2.45, 2.75) is 76.0 Å². The summed E-state index contributed by atoms with van der Waals surface area (Å²) >= 11 is 0. The van der Waals surface area contributed by atoms with Crippen molar-refractivity contribution in [3.8, 4) is 0 Å². The summed E-state index contributed by atoms with van der Waals surface area (Å²) in [6.07, 6.45) is 4.03. The van der Waals surface area contributed by atoms with Gasteiger partial charge in [-0.15, -0.1) is 0 Å². The Hall–Kier alpha value is -2.49. The highest BCUT2D eigenvalue weighted by atomic mass is 28.4. The summed E-state index contributed by atoms with van der Waals surface area (Å²) < 4.78 is 14.3. The minimum Gasteiger partial charge on any atom is -0.448 e. The molecule has 0 aliphatic carbocycles. The summed E-state index contributed by atoms with van der Waals surface area (Å²) in [6.45, 7) is 12.3. The third kappa shape index (κ3) is 12.3. The van der Waals surface area contributed by atoms with E-state index in [1.54, 1.807) is 0 Å². The summed E-state index contributed by atoms with van der Waals surface area (Å²) in [5.74, 6) is 0. The molecule has 4 aromatic carbocycles. The van der Waals surface area contributed by atoms with E-state index >= 15 is 0 Å². The van der Waals surface area contributed by atoms with Gasteiger partial charge in [0.2, 0.25) is 33.3 Å². The number of rotatable bonds is 20. The molecule has 10 heteroatoms. The van der Waals surface area contributed by atoms with Gasteiger partial charge in [-0.2, -0.15) is 0 Å². The zero-order valence-electron chi connectivity index (χ0n) is 31.2. The molecule has 0 amide bonds. The first-order valence-corrected chi connectivity index (χ1v) is 29.0. The predicted octanol–water partition coefficient (Wildman–Crippen LogP) is 5.33. The fraction of sp³-hybridized carbons (Fsp3) is 0.400. The Morgan fingerprint density at radius 1 is 0.340 bits per heavy atom. The SMILES string of the molecule is C[Si](CCCN)(O[Si](C)(CCCN)c1ccccc1)c1ccccc1.C[Si](CCCN)(O[Si](C)(CCCN)c1ccccc1)c1ccccc1. The van der Waals surface area contributed by atoms with Crippen LogP contribution in [0.3, 0.4) is 0 Å². The lowest BCUT2D eigenvalue weighted by atomic mass is 10.4. The van der Waals surface area contributed by atoms with E-state index in [4.69, 9.17) is 31.2 Å². The molecule has 272 valence electrons. The fourth-order valence-corrected chi connectivity index (χ4v) is 26.7. The van der Waals surface area contributed by atoms with Crippen LogP contribution in [0, 0.1) is 0 Å². The Labute approximate surface area is 307 Å². The molecule has 4 unspecified atom stereocenters. The minimum absolute atomic E-state index is 0.713. The van der Waals surface area contributed by atoms with Gasteiger partial charge in [-0.1, -0.05) is 121 Å². The first-order valence-electron chi connectivity index (χ1n) is 18.5. The first-order chi connectivity index (χ1) is 24.1. The molecule has 0 saturated carbocycles. The van der Waals surface area contributed by atoms with Crippen molar-refractivity contribution in [3.63, 3.8) is 0 Å². The van der Waals surface area contributed by atoms with Crippen molar-refractivity contribution >= 4 is 54.0 Å². The number of hydrogen-bond acceptors (Lipinski definition) is 6. The van der Waals surface area contributed by atoms with Crippen molar-refractivity contribution in [1.82, 2.24) is 0 Å². The van der Waals surface area contributed by atoms with E-state index in [-0.39, 0.29) is 0 Å². The minimum atomic E-state index is -2.07. The molecule has 0 bridgehead atoms. The molecule has 0 aromatic heterocycles. The predicted molar refractivity (Wildman–Crippen MR) is 227 cm³/mol.